The van der Waals surface area contributed by atoms with Gasteiger partial charge in [-0.1, -0.05) is 19.3 Å². The predicted octanol–water partition coefficient (Wildman–Crippen LogP) is 2.08. The van der Waals surface area contributed by atoms with Crippen molar-refractivity contribution in [3.05, 3.63) is 0 Å². The molecule has 2 aliphatic carbocycles. The van der Waals surface area contributed by atoms with Crippen LogP contribution < -0.4 is 16.4 Å². The standard InChI is InChI=1S/C23H42N6O2/c1-15(24)12-19(23(30)28-21(25)16-8-9-16)22(26)29-11-10-17(20(14-29)31-2)13-27-18-6-4-3-5-7-18/h16-21,24,26-27H,3-14,25H2,1-2H3,(H,28,30). The number of nitrogens with two attached hydrogens (primary N) is 1. The maximum Gasteiger partial charge on any atom is 0.232 e. The van der Waals surface area contributed by atoms with Crippen LogP contribution in [0.25, 0.3) is 0 Å². The molecule has 1 aliphatic heterocycles. The lowest BCUT2D eigenvalue weighted by molar-refractivity contribution is -0.124. The second-order valence-electron chi connectivity index (χ2n) is 9.81. The minimum Gasteiger partial charge on any atom is -0.379 e. The quantitative estimate of drug-likeness (QED) is 0.204. The smallest absolute Gasteiger partial charge is 0.232 e. The van der Waals surface area contributed by atoms with Crippen LogP contribution in [0, 0.1) is 28.6 Å². The van der Waals surface area contributed by atoms with E-state index in [9.17, 15) is 4.79 Å². The van der Waals surface area contributed by atoms with Crippen molar-refractivity contribution in [2.75, 3.05) is 26.7 Å². The lowest BCUT2D eigenvalue weighted by Gasteiger charge is -2.41. The van der Waals surface area contributed by atoms with Crippen LogP contribution in [0.1, 0.15) is 64.7 Å². The van der Waals surface area contributed by atoms with Crippen molar-refractivity contribution in [3.63, 3.8) is 0 Å². The monoisotopic (exact) mass is 434 g/mol. The van der Waals surface area contributed by atoms with E-state index in [1.165, 1.54) is 32.1 Å². The molecule has 3 rings (SSSR count). The summed E-state index contributed by atoms with van der Waals surface area (Å²) in [7, 11) is 1.74. The number of hydrogen-bond donors (Lipinski definition) is 5. The molecule has 31 heavy (non-hydrogen) atoms. The van der Waals surface area contributed by atoms with Crippen LogP contribution in [0.15, 0.2) is 0 Å². The number of ether oxygens (including phenoxy) is 1. The third-order valence-corrected chi connectivity index (χ3v) is 7.21. The Morgan fingerprint density at radius 2 is 1.87 bits per heavy atom. The second kappa shape index (κ2) is 11.4. The third-order valence-electron chi connectivity index (χ3n) is 7.21. The van der Waals surface area contributed by atoms with Crippen LogP contribution in [0.5, 0.6) is 0 Å². The van der Waals surface area contributed by atoms with Gasteiger partial charge in [-0.05, 0) is 44.9 Å². The fraction of sp³-hybridized carbons (Fsp3) is 0.870. The molecule has 4 unspecified atom stereocenters. The van der Waals surface area contributed by atoms with Crippen LogP contribution in [-0.2, 0) is 9.53 Å². The molecule has 2 saturated carbocycles. The second-order valence-corrected chi connectivity index (χ2v) is 9.81. The molecular formula is C23H42N6O2. The van der Waals surface area contributed by atoms with Crippen LogP contribution in [-0.4, -0.2) is 67.4 Å². The van der Waals surface area contributed by atoms with Crippen molar-refractivity contribution in [1.29, 1.82) is 10.8 Å². The Labute approximate surface area is 187 Å². The number of nitrogens with zero attached hydrogens (tertiary/aromatic N) is 1. The first-order chi connectivity index (χ1) is 14.9. The minimum absolute atomic E-state index is 0.0312. The van der Waals surface area contributed by atoms with Gasteiger partial charge in [-0.15, -0.1) is 0 Å². The SMILES string of the molecule is COC1CN(C(=N)C(CC(C)=N)C(=O)NC(N)C2CC2)CCC1CNC1CCCCC1. The fourth-order valence-corrected chi connectivity index (χ4v) is 4.99. The number of piperidine rings is 1. The lowest BCUT2D eigenvalue weighted by Crippen LogP contribution is -2.55. The molecule has 4 atom stereocenters. The first kappa shape index (κ1) is 24.1. The summed E-state index contributed by atoms with van der Waals surface area (Å²) in [6, 6.07) is 0.627. The zero-order valence-corrected chi connectivity index (χ0v) is 19.3. The van der Waals surface area contributed by atoms with Crippen molar-refractivity contribution in [1.82, 2.24) is 15.5 Å². The number of amidine groups is 1. The van der Waals surface area contributed by atoms with E-state index in [0.717, 1.165) is 32.4 Å². The Kier molecular flexibility index (Phi) is 8.86. The largest absolute Gasteiger partial charge is 0.379 e. The van der Waals surface area contributed by atoms with E-state index in [1.807, 2.05) is 4.90 Å². The molecule has 3 aliphatic rings. The van der Waals surface area contributed by atoms with Crippen molar-refractivity contribution in [2.45, 2.75) is 83.0 Å². The van der Waals surface area contributed by atoms with E-state index < -0.39 is 5.92 Å². The van der Waals surface area contributed by atoms with Crippen molar-refractivity contribution >= 4 is 17.5 Å². The highest BCUT2D eigenvalue weighted by Crippen LogP contribution is 2.31. The molecule has 0 radical (unpaired) electrons. The van der Waals surface area contributed by atoms with Gasteiger partial charge in [-0.2, -0.15) is 0 Å². The summed E-state index contributed by atoms with van der Waals surface area (Å²) in [5.41, 5.74) is 6.49. The summed E-state index contributed by atoms with van der Waals surface area (Å²) in [6.07, 6.45) is 9.49. The molecule has 176 valence electrons. The molecule has 6 N–H and O–H groups in total. The molecule has 8 heteroatoms. The lowest BCUT2D eigenvalue weighted by atomic mass is 9.90. The molecular weight excluding hydrogens is 392 g/mol. The first-order valence-electron chi connectivity index (χ1n) is 12.1. The van der Waals surface area contributed by atoms with E-state index >= 15 is 0 Å². The van der Waals surface area contributed by atoms with E-state index in [2.05, 4.69) is 10.6 Å². The number of rotatable bonds is 10. The Morgan fingerprint density at radius 3 is 2.48 bits per heavy atom. The molecule has 0 bridgehead atoms. The molecule has 1 heterocycles. The Morgan fingerprint density at radius 1 is 1.16 bits per heavy atom. The van der Waals surface area contributed by atoms with E-state index in [0.29, 0.717) is 30.1 Å². The predicted molar refractivity (Wildman–Crippen MR) is 123 cm³/mol. The van der Waals surface area contributed by atoms with Crippen LogP contribution in [0.4, 0.5) is 0 Å². The fourth-order valence-electron chi connectivity index (χ4n) is 4.99. The number of carbonyl (C=O) groups excluding carboxylic acids is 1. The average Bonchev–Trinajstić information content (AvgIpc) is 3.61. The van der Waals surface area contributed by atoms with Gasteiger partial charge < -0.3 is 31.4 Å². The summed E-state index contributed by atoms with van der Waals surface area (Å²) in [6.45, 7) is 3.99. The Bertz CT molecular complexity index is 632. The number of amides is 1. The van der Waals surface area contributed by atoms with Crippen molar-refractivity contribution in [2.24, 2.45) is 23.5 Å². The molecule has 0 aromatic carbocycles. The number of hydrogen-bond acceptors (Lipinski definition) is 6. The number of nitrogens with one attached hydrogen (secondary N) is 4. The van der Waals surface area contributed by atoms with Gasteiger partial charge in [0.1, 0.15) is 11.8 Å². The van der Waals surface area contributed by atoms with Gasteiger partial charge in [0.2, 0.25) is 5.91 Å². The normalized spacial score (nSPS) is 26.9. The average molecular weight is 435 g/mol. The zero-order valence-electron chi connectivity index (χ0n) is 19.3. The van der Waals surface area contributed by atoms with Crippen LogP contribution in [0.3, 0.4) is 0 Å². The van der Waals surface area contributed by atoms with Gasteiger partial charge in [0.15, 0.2) is 0 Å². The third kappa shape index (κ3) is 6.99. The summed E-state index contributed by atoms with van der Waals surface area (Å²) < 4.78 is 5.81. The Hall–Kier alpha value is -1.51. The number of carbonyl (C=O) groups is 1. The molecule has 0 spiro atoms. The van der Waals surface area contributed by atoms with Crippen LogP contribution in [0.2, 0.25) is 0 Å². The van der Waals surface area contributed by atoms with Gasteiger partial charge in [0.25, 0.3) is 0 Å². The van der Waals surface area contributed by atoms with Crippen molar-refractivity contribution < 1.29 is 9.53 Å². The Balaban J connectivity index is 1.55. The summed E-state index contributed by atoms with van der Waals surface area (Å²) in [5, 5.41) is 23.3. The summed E-state index contributed by atoms with van der Waals surface area (Å²) in [4.78, 5) is 14.9. The van der Waals surface area contributed by atoms with Gasteiger partial charge in [0.05, 0.1) is 12.3 Å². The van der Waals surface area contributed by atoms with Gasteiger partial charge in [0, 0.05) is 50.8 Å². The number of likely N-dealkylation sites (tertiary alicyclic amines) is 1. The minimum atomic E-state index is -0.670. The highest BCUT2D eigenvalue weighted by molar-refractivity contribution is 6.04. The van der Waals surface area contributed by atoms with Gasteiger partial charge in [-0.3, -0.25) is 10.2 Å². The topological polar surface area (TPSA) is 127 Å². The number of methoxy groups -OCH3 is 1. The molecule has 0 aromatic rings. The highest BCUT2D eigenvalue weighted by Gasteiger charge is 2.37. The van der Waals surface area contributed by atoms with Gasteiger partial charge in [-0.25, -0.2) is 0 Å². The molecule has 1 saturated heterocycles. The summed E-state index contributed by atoms with van der Waals surface area (Å²) >= 11 is 0. The van der Waals surface area contributed by atoms with E-state index in [4.69, 9.17) is 21.3 Å². The van der Waals surface area contributed by atoms with E-state index in [1.54, 1.807) is 14.0 Å². The first-order valence-corrected chi connectivity index (χ1v) is 12.1. The van der Waals surface area contributed by atoms with Gasteiger partial charge >= 0.3 is 0 Å². The van der Waals surface area contributed by atoms with Crippen LogP contribution >= 0.6 is 0 Å². The van der Waals surface area contributed by atoms with Crippen molar-refractivity contribution in [3.8, 4) is 0 Å². The summed E-state index contributed by atoms with van der Waals surface area (Å²) in [5.74, 6) is 0.150. The molecule has 1 amide bonds. The highest BCUT2D eigenvalue weighted by atomic mass is 16.5. The molecule has 8 nitrogen and oxygen atoms in total. The maximum atomic E-state index is 12.9. The van der Waals surface area contributed by atoms with E-state index in [-0.39, 0.29) is 30.4 Å². The molecule has 3 fully saturated rings. The zero-order chi connectivity index (χ0) is 22.4. The molecule has 0 aromatic heterocycles. The maximum absolute atomic E-state index is 12.9.